The van der Waals surface area contributed by atoms with Gasteiger partial charge >= 0.3 is 0 Å². The van der Waals surface area contributed by atoms with Crippen molar-refractivity contribution in [3.63, 3.8) is 0 Å². The highest BCUT2D eigenvalue weighted by atomic mass is 32.2. The third-order valence-corrected chi connectivity index (χ3v) is 3.59. The highest BCUT2D eigenvalue weighted by molar-refractivity contribution is 7.98. The average molecular weight is 279 g/mol. The highest BCUT2D eigenvalue weighted by Gasteiger charge is 2.01. The van der Waals surface area contributed by atoms with Crippen LogP contribution in [0.2, 0.25) is 0 Å². The van der Waals surface area contributed by atoms with E-state index in [9.17, 15) is 4.79 Å². The molecular formula is C17H13NOS. The zero-order valence-corrected chi connectivity index (χ0v) is 11.9. The molecule has 0 saturated heterocycles. The predicted molar refractivity (Wildman–Crippen MR) is 82.7 cm³/mol. The number of nitriles is 1. The quantitative estimate of drug-likeness (QED) is 0.479. The first-order valence-electron chi connectivity index (χ1n) is 6.09. The third-order valence-electron chi connectivity index (χ3n) is 2.84. The fraction of sp³-hybridized carbons (Fsp3) is 0.0588. The molecule has 2 rings (SSSR count). The third kappa shape index (κ3) is 3.59. The second kappa shape index (κ2) is 6.74. The molecule has 0 saturated carbocycles. The van der Waals surface area contributed by atoms with Gasteiger partial charge in [-0.05, 0) is 54.3 Å². The summed E-state index contributed by atoms with van der Waals surface area (Å²) in [4.78, 5) is 13.2. The summed E-state index contributed by atoms with van der Waals surface area (Å²) in [5.74, 6) is -0.0663. The fourth-order valence-electron chi connectivity index (χ4n) is 1.69. The van der Waals surface area contributed by atoms with E-state index in [0.29, 0.717) is 11.1 Å². The maximum absolute atomic E-state index is 12.0. The van der Waals surface area contributed by atoms with Crippen LogP contribution in [0.3, 0.4) is 0 Å². The van der Waals surface area contributed by atoms with Gasteiger partial charge in [0.05, 0.1) is 11.6 Å². The monoisotopic (exact) mass is 279 g/mol. The number of benzene rings is 2. The number of ketones is 1. The summed E-state index contributed by atoms with van der Waals surface area (Å²) in [6, 6.07) is 16.7. The molecule has 0 aliphatic carbocycles. The van der Waals surface area contributed by atoms with Crippen molar-refractivity contribution in [2.24, 2.45) is 0 Å². The normalized spacial score (nSPS) is 10.4. The van der Waals surface area contributed by atoms with Gasteiger partial charge in [-0.15, -0.1) is 11.8 Å². The second-order valence-corrected chi connectivity index (χ2v) is 5.04. The molecule has 3 heteroatoms. The van der Waals surface area contributed by atoms with Crippen LogP contribution in [0, 0.1) is 11.3 Å². The number of hydrogen-bond acceptors (Lipinski definition) is 3. The van der Waals surface area contributed by atoms with E-state index in [-0.39, 0.29) is 5.78 Å². The van der Waals surface area contributed by atoms with Gasteiger partial charge in [0.25, 0.3) is 0 Å². The van der Waals surface area contributed by atoms with E-state index in [4.69, 9.17) is 5.26 Å². The van der Waals surface area contributed by atoms with Gasteiger partial charge < -0.3 is 0 Å². The lowest BCUT2D eigenvalue weighted by Gasteiger charge is -1.98. The van der Waals surface area contributed by atoms with Gasteiger partial charge in [-0.1, -0.05) is 18.2 Å². The van der Waals surface area contributed by atoms with E-state index < -0.39 is 0 Å². The first-order chi connectivity index (χ1) is 9.72. The van der Waals surface area contributed by atoms with Gasteiger partial charge in [-0.3, -0.25) is 4.79 Å². The van der Waals surface area contributed by atoms with Crippen LogP contribution < -0.4 is 0 Å². The van der Waals surface area contributed by atoms with Gasteiger partial charge in [0.2, 0.25) is 0 Å². The molecule has 2 nitrogen and oxygen atoms in total. The summed E-state index contributed by atoms with van der Waals surface area (Å²) in [5, 5.41) is 8.71. The fourth-order valence-corrected chi connectivity index (χ4v) is 2.10. The van der Waals surface area contributed by atoms with E-state index in [0.717, 1.165) is 5.56 Å². The van der Waals surface area contributed by atoms with Gasteiger partial charge in [-0.25, -0.2) is 0 Å². The number of carbonyl (C=O) groups excluding carboxylic acids is 1. The first kappa shape index (κ1) is 14.1. The molecule has 0 spiro atoms. The van der Waals surface area contributed by atoms with Crippen LogP contribution >= 0.6 is 11.8 Å². The van der Waals surface area contributed by atoms with Crippen molar-refractivity contribution >= 4 is 23.6 Å². The molecule has 2 aromatic carbocycles. The zero-order valence-electron chi connectivity index (χ0n) is 11.0. The Bertz CT molecular complexity index is 664. The molecule has 0 aliphatic rings. The summed E-state index contributed by atoms with van der Waals surface area (Å²) in [6.45, 7) is 0. The Labute approximate surface area is 122 Å². The van der Waals surface area contributed by atoms with Crippen molar-refractivity contribution in [3.8, 4) is 6.07 Å². The van der Waals surface area contributed by atoms with Crippen molar-refractivity contribution in [1.82, 2.24) is 0 Å². The van der Waals surface area contributed by atoms with E-state index in [2.05, 4.69) is 0 Å². The smallest absolute Gasteiger partial charge is 0.185 e. The molecule has 0 radical (unpaired) electrons. The number of hydrogen-bond donors (Lipinski definition) is 0. The lowest BCUT2D eigenvalue weighted by molar-refractivity contribution is 0.104. The summed E-state index contributed by atoms with van der Waals surface area (Å²) >= 11 is 1.68. The van der Waals surface area contributed by atoms with Crippen molar-refractivity contribution in [2.45, 2.75) is 4.90 Å². The SMILES string of the molecule is CSc1ccc(/C=C/C(=O)c2ccc(C#N)cc2)cc1. The van der Waals surface area contributed by atoms with E-state index in [1.165, 1.54) is 4.90 Å². The maximum atomic E-state index is 12.0. The lowest BCUT2D eigenvalue weighted by atomic mass is 10.1. The number of allylic oxidation sites excluding steroid dienone is 1. The second-order valence-electron chi connectivity index (χ2n) is 4.16. The number of carbonyl (C=O) groups is 1. The zero-order chi connectivity index (χ0) is 14.4. The largest absolute Gasteiger partial charge is 0.289 e. The minimum atomic E-state index is -0.0663. The molecule has 0 fully saturated rings. The topological polar surface area (TPSA) is 40.9 Å². The molecule has 98 valence electrons. The summed E-state index contributed by atoms with van der Waals surface area (Å²) in [6.07, 6.45) is 5.37. The molecular weight excluding hydrogens is 266 g/mol. The van der Waals surface area contributed by atoms with Crippen LogP contribution in [0.1, 0.15) is 21.5 Å². The summed E-state index contributed by atoms with van der Waals surface area (Å²) in [7, 11) is 0. The molecule has 0 amide bonds. The van der Waals surface area contributed by atoms with Crippen LogP contribution in [-0.4, -0.2) is 12.0 Å². The first-order valence-corrected chi connectivity index (χ1v) is 7.32. The Morgan fingerprint density at radius 3 is 2.30 bits per heavy atom. The minimum Gasteiger partial charge on any atom is -0.289 e. The van der Waals surface area contributed by atoms with Crippen LogP contribution in [0.4, 0.5) is 0 Å². The van der Waals surface area contributed by atoms with Crippen molar-refractivity contribution in [3.05, 3.63) is 71.3 Å². The Kier molecular flexibility index (Phi) is 4.75. The molecule has 0 unspecified atom stereocenters. The van der Waals surface area contributed by atoms with Gasteiger partial charge in [-0.2, -0.15) is 5.26 Å². The lowest BCUT2D eigenvalue weighted by Crippen LogP contribution is -1.93. The average Bonchev–Trinajstić information content (AvgIpc) is 2.53. The van der Waals surface area contributed by atoms with Crippen LogP contribution in [0.15, 0.2) is 59.5 Å². The van der Waals surface area contributed by atoms with Crippen molar-refractivity contribution in [2.75, 3.05) is 6.26 Å². The van der Waals surface area contributed by atoms with E-state index in [1.54, 1.807) is 48.2 Å². The van der Waals surface area contributed by atoms with Gasteiger partial charge in [0.1, 0.15) is 0 Å². The van der Waals surface area contributed by atoms with Crippen LogP contribution in [-0.2, 0) is 0 Å². The van der Waals surface area contributed by atoms with E-state index >= 15 is 0 Å². The Morgan fingerprint density at radius 2 is 1.75 bits per heavy atom. The molecule has 0 bridgehead atoms. The minimum absolute atomic E-state index is 0.0663. The summed E-state index contributed by atoms with van der Waals surface area (Å²) < 4.78 is 0. The Morgan fingerprint density at radius 1 is 1.10 bits per heavy atom. The van der Waals surface area contributed by atoms with Crippen molar-refractivity contribution in [1.29, 1.82) is 5.26 Å². The van der Waals surface area contributed by atoms with Crippen molar-refractivity contribution < 1.29 is 4.79 Å². The van der Waals surface area contributed by atoms with E-state index in [1.807, 2.05) is 36.6 Å². The Balaban J connectivity index is 2.09. The maximum Gasteiger partial charge on any atom is 0.185 e. The Hall–Kier alpha value is -2.31. The number of nitrogens with zero attached hydrogens (tertiary/aromatic N) is 1. The molecule has 20 heavy (non-hydrogen) atoms. The number of rotatable bonds is 4. The molecule has 0 aromatic heterocycles. The molecule has 0 N–H and O–H groups in total. The highest BCUT2D eigenvalue weighted by Crippen LogP contribution is 2.15. The van der Waals surface area contributed by atoms with Gasteiger partial charge in [0.15, 0.2) is 5.78 Å². The summed E-state index contributed by atoms with van der Waals surface area (Å²) in [5.41, 5.74) is 2.13. The number of thioether (sulfide) groups is 1. The molecule has 0 atom stereocenters. The van der Waals surface area contributed by atoms with Crippen LogP contribution in [0.5, 0.6) is 0 Å². The standard InChI is InChI=1S/C17H13NOS/c1-20-16-9-4-13(5-10-16)6-11-17(19)15-7-2-14(12-18)3-8-15/h2-11H,1H3/b11-6+. The van der Waals surface area contributed by atoms with Crippen LogP contribution in [0.25, 0.3) is 6.08 Å². The molecule has 2 aromatic rings. The van der Waals surface area contributed by atoms with Gasteiger partial charge in [0, 0.05) is 10.5 Å². The molecule has 0 heterocycles. The predicted octanol–water partition coefficient (Wildman–Crippen LogP) is 4.18. The molecule has 0 aliphatic heterocycles.